The van der Waals surface area contributed by atoms with Gasteiger partial charge in [0.2, 0.25) is 0 Å². The van der Waals surface area contributed by atoms with Gasteiger partial charge in [0.1, 0.15) is 5.56 Å². The summed E-state index contributed by atoms with van der Waals surface area (Å²) < 4.78 is 28.6. The van der Waals surface area contributed by atoms with Gasteiger partial charge in [-0.25, -0.2) is 13.4 Å². The van der Waals surface area contributed by atoms with Crippen LogP contribution in [0.2, 0.25) is 0 Å². The number of sulfonamides is 1. The van der Waals surface area contributed by atoms with Gasteiger partial charge < -0.3 is 5.32 Å². The molecular weight excluding hydrogens is 410 g/mol. The third kappa shape index (κ3) is 4.18. The predicted molar refractivity (Wildman–Crippen MR) is 113 cm³/mol. The molecule has 0 aliphatic rings. The highest BCUT2D eigenvalue weighted by Crippen LogP contribution is 2.26. The van der Waals surface area contributed by atoms with Crippen LogP contribution in [0.4, 0.5) is 5.82 Å². The number of nitrogens with zero attached hydrogens (tertiary/aromatic N) is 4. The van der Waals surface area contributed by atoms with Crippen molar-refractivity contribution in [2.45, 2.75) is 31.7 Å². The summed E-state index contributed by atoms with van der Waals surface area (Å²) in [6, 6.07) is 6.23. The van der Waals surface area contributed by atoms with Crippen LogP contribution in [0.3, 0.4) is 0 Å². The molecule has 1 N–H and O–H groups in total. The van der Waals surface area contributed by atoms with Crippen molar-refractivity contribution < 1.29 is 13.2 Å². The highest BCUT2D eigenvalue weighted by atomic mass is 32.2. The van der Waals surface area contributed by atoms with Crippen LogP contribution in [-0.4, -0.2) is 36.1 Å². The zero-order chi connectivity index (χ0) is 21.3. The molecule has 0 saturated heterocycles. The first-order valence-corrected chi connectivity index (χ1v) is 11.2. The van der Waals surface area contributed by atoms with Crippen LogP contribution in [-0.2, 0) is 17.1 Å². The maximum atomic E-state index is 13.1. The van der Waals surface area contributed by atoms with Crippen molar-refractivity contribution in [1.82, 2.24) is 20.1 Å². The summed E-state index contributed by atoms with van der Waals surface area (Å²) in [6.07, 6.45) is 1.37. The summed E-state index contributed by atoms with van der Waals surface area (Å²) in [7, 11) is -0.842. The second-order valence-corrected chi connectivity index (χ2v) is 9.81. The van der Waals surface area contributed by atoms with Crippen molar-refractivity contribution in [3.8, 4) is 0 Å². The van der Waals surface area contributed by atoms with E-state index in [1.54, 1.807) is 31.3 Å². The molecule has 8 nitrogen and oxygen atoms in total. The summed E-state index contributed by atoms with van der Waals surface area (Å²) in [5.41, 5.74) is 1.88. The number of nitrogens with one attached hydrogen (secondary N) is 1. The van der Waals surface area contributed by atoms with Gasteiger partial charge in [0.15, 0.2) is 5.82 Å². The molecule has 1 amide bonds. The molecule has 1 aromatic carbocycles. The molecule has 0 spiro atoms. The van der Waals surface area contributed by atoms with Crippen LogP contribution < -0.4 is 9.62 Å². The molecule has 1 atom stereocenters. The Morgan fingerprint density at radius 3 is 2.48 bits per heavy atom. The van der Waals surface area contributed by atoms with Gasteiger partial charge >= 0.3 is 0 Å². The van der Waals surface area contributed by atoms with E-state index in [9.17, 15) is 13.2 Å². The number of carbonyl (C=O) groups is 1. The third-order valence-electron chi connectivity index (χ3n) is 4.56. The summed E-state index contributed by atoms with van der Waals surface area (Å²) in [5.74, 6) is -0.234. The van der Waals surface area contributed by atoms with Crippen LogP contribution in [0.5, 0.6) is 0 Å². The number of rotatable bonds is 6. The fourth-order valence-corrected chi connectivity index (χ4v) is 4.82. The molecule has 10 heteroatoms. The Balaban J connectivity index is 1.90. The highest BCUT2D eigenvalue weighted by molar-refractivity contribution is 7.92. The van der Waals surface area contributed by atoms with E-state index in [2.05, 4.69) is 15.4 Å². The zero-order valence-electron chi connectivity index (χ0n) is 16.9. The number of anilines is 1. The molecule has 3 rings (SSSR count). The van der Waals surface area contributed by atoms with Crippen molar-refractivity contribution in [2.24, 2.45) is 7.05 Å². The second-order valence-electron chi connectivity index (χ2n) is 6.78. The molecular formula is C19H23N5O3S2. The minimum Gasteiger partial charge on any atom is -0.344 e. The van der Waals surface area contributed by atoms with E-state index in [0.717, 1.165) is 20.6 Å². The molecule has 3 aromatic rings. The van der Waals surface area contributed by atoms with E-state index in [1.165, 1.54) is 29.3 Å². The largest absolute Gasteiger partial charge is 0.344 e. The Morgan fingerprint density at radius 1 is 1.24 bits per heavy atom. The molecule has 2 aromatic heterocycles. The van der Waals surface area contributed by atoms with E-state index in [1.807, 2.05) is 26.2 Å². The Morgan fingerprint density at radius 2 is 1.90 bits per heavy atom. The average molecular weight is 434 g/mol. The Labute approximate surface area is 174 Å². The predicted octanol–water partition coefficient (Wildman–Crippen LogP) is 2.81. The minimum absolute atomic E-state index is 0.143. The maximum absolute atomic E-state index is 13.1. The normalized spacial score (nSPS) is 12.6. The molecule has 0 aliphatic heterocycles. The second kappa shape index (κ2) is 7.96. The number of benzene rings is 1. The number of aromatic nitrogens is 3. The van der Waals surface area contributed by atoms with Gasteiger partial charge in [0, 0.05) is 19.5 Å². The Hall–Kier alpha value is -2.72. The topological polar surface area (TPSA) is 97.2 Å². The fourth-order valence-electron chi connectivity index (χ4n) is 2.87. The average Bonchev–Trinajstić information content (AvgIpc) is 3.27. The lowest BCUT2D eigenvalue weighted by Gasteiger charge is -2.21. The van der Waals surface area contributed by atoms with E-state index in [0.29, 0.717) is 0 Å². The van der Waals surface area contributed by atoms with Gasteiger partial charge in [-0.1, -0.05) is 17.7 Å². The van der Waals surface area contributed by atoms with Crippen LogP contribution in [0.25, 0.3) is 0 Å². The van der Waals surface area contributed by atoms with Crippen LogP contribution in [0, 0.1) is 13.8 Å². The Kier molecular flexibility index (Phi) is 5.76. The lowest BCUT2D eigenvalue weighted by atomic mass is 10.2. The lowest BCUT2D eigenvalue weighted by Crippen LogP contribution is -2.32. The first-order chi connectivity index (χ1) is 13.6. The molecule has 0 radical (unpaired) electrons. The van der Waals surface area contributed by atoms with Gasteiger partial charge in [0.05, 0.1) is 27.8 Å². The van der Waals surface area contributed by atoms with Gasteiger partial charge in [-0.05, 0) is 32.9 Å². The van der Waals surface area contributed by atoms with E-state index < -0.39 is 15.9 Å². The molecule has 0 saturated carbocycles. The smallest absolute Gasteiger partial charge is 0.265 e. The van der Waals surface area contributed by atoms with Crippen LogP contribution in [0.1, 0.15) is 39.6 Å². The van der Waals surface area contributed by atoms with Gasteiger partial charge in [-0.2, -0.15) is 5.10 Å². The van der Waals surface area contributed by atoms with E-state index in [4.69, 9.17) is 0 Å². The van der Waals surface area contributed by atoms with E-state index in [-0.39, 0.29) is 22.3 Å². The summed E-state index contributed by atoms with van der Waals surface area (Å²) in [4.78, 5) is 17.4. The van der Waals surface area contributed by atoms with Gasteiger partial charge in [0.25, 0.3) is 15.9 Å². The fraction of sp³-hybridized carbons (Fsp3) is 0.316. The summed E-state index contributed by atoms with van der Waals surface area (Å²) in [5, 5.41) is 9.76. The van der Waals surface area contributed by atoms with Crippen molar-refractivity contribution in [1.29, 1.82) is 0 Å². The number of aryl methyl sites for hydroxylation is 3. The number of thiazole rings is 1. The third-order valence-corrected chi connectivity index (χ3v) is 7.11. The zero-order valence-corrected chi connectivity index (χ0v) is 18.5. The first kappa shape index (κ1) is 21.0. The molecule has 2 heterocycles. The van der Waals surface area contributed by atoms with Gasteiger partial charge in [-0.15, -0.1) is 11.3 Å². The van der Waals surface area contributed by atoms with Crippen molar-refractivity contribution in [3.63, 3.8) is 0 Å². The van der Waals surface area contributed by atoms with Crippen LogP contribution >= 0.6 is 11.3 Å². The van der Waals surface area contributed by atoms with E-state index >= 15 is 0 Å². The lowest BCUT2D eigenvalue weighted by molar-refractivity contribution is 0.0940. The number of carbonyl (C=O) groups excluding carboxylic acids is 1. The molecule has 0 bridgehead atoms. The molecule has 0 aliphatic carbocycles. The first-order valence-electron chi connectivity index (χ1n) is 8.91. The van der Waals surface area contributed by atoms with Crippen molar-refractivity contribution in [3.05, 3.63) is 57.7 Å². The number of hydrogen-bond donors (Lipinski definition) is 1. The monoisotopic (exact) mass is 433 g/mol. The molecule has 1 unspecified atom stereocenters. The quantitative estimate of drug-likeness (QED) is 0.645. The molecule has 0 fully saturated rings. The summed E-state index contributed by atoms with van der Waals surface area (Å²) in [6.45, 7) is 5.61. The number of hydrogen-bond acceptors (Lipinski definition) is 6. The molecule has 154 valence electrons. The maximum Gasteiger partial charge on any atom is 0.265 e. The standard InChI is InChI=1S/C19H23N5O3S2/c1-12-6-8-15(9-7-12)29(26,27)24(5)19-16(10-20-23(19)4)18(25)21-13(2)17-11-28-14(3)22-17/h6-11,13H,1-5H3,(H,21,25). The number of amides is 1. The highest BCUT2D eigenvalue weighted by Gasteiger charge is 2.29. The SMILES string of the molecule is Cc1ccc(S(=O)(=O)N(C)c2c(C(=O)NC(C)c3csc(C)n3)cnn2C)cc1. The van der Waals surface area contributed by atoms with Crippen molar-refractivity contribution >= 4 is 33.1 Å². The summed E-state index contributed by atoms with van der Waals surface area (Å²) >= 11 is 1.50. The van der Waals surface area contributed by atoms with Crippen LogP contribution in [0.15, 0.2) is 40.7 Å². The Bertz CT molecular complexity index is 1130. The molecule has 29 heavy (non-hydrogen) atoms. The minimum atomic E-state index is -3.85. The van der Waals surface area contributed by atoms with Crippen molar-refractivity contribution in [2.75, 3.05) is 11.4 Å². The van der Waals surface area contributed by atoms with Gasteiger partial charge in [-0.3, -0.25) is 13.8 Å².